The third kappa shape index (κ3) is 5.25. The van der Waals surface area contributed by atoms with E-state index in [-0.39, 0.29) is 5.91 Å². The topological polar surface area (TPSA) is 55.8 Å². The minimum Gasteiger partial charge on any atom is -0.368 e. The predicted octanol–water partition coefficient (Wildman–Crippen LogP) is 1.97. The molecule has 2 aliphatic rings. The van der Waals surface area contributed by atoms with Crippen LogP contribution < -0.4 is 9.80 Å². The molecule has 4 rings (SSSR count). The number of anilines is 2. The first-order valence-corrected chi connectivity index (χ1v) is 10.3. The normalized spacial score (nSPS) is 18.4. The summed E-state index contributed by atoms with van der Waals surface area (Å²) in [5.41, 5.74) is -0.105. The Kier molecular flexibility index (Phi) is 6.26. The number of nitrogens with zero attached hydrogens (tertiary/aromatic N) is 6. The minimum absolute atomic E-state index is 0.0663. The highest BCUT2D eigenvalue weighted by Gasteiger charge is 2.31. The molecule has 10 heteroatoms. The molecule has 2 aromatic rings. The van der Waals surface area contributed by atoms with Gasteiger partial charge in [0.2, 0.25) is 5.91 Å². The number of aromatic nitrogens is 2. The van der Waals surface area contributed by atoms with Gasteiger partial charge < -0.3 is 14.7 Å². The van der Waals surface area contributed by atoms with Gasteiger partial charge in [0.1, 0.15) is 5.82 Å². The molecular weight excluding hydrogens is 409 g/mol. The first-order valence-electron chi connectivity index (χ1n) is 10.3. The van der Waals surface area contributed by atoms with Gasteiger partial charge in [-0.05, 0) is 18.2 Å². The quantitative estimate of drug-likeness (QED) is 0.734. The van der Waals surface area contributed by atoms with Gasteiger partial charge in [0, 0.05) is 70.4 Å². The Bertz CT molecular complexity index is 878. The largest absolute Gasteiger partial charge is 0.416 e. The van der Waals surface area contributed by atoms with Gasteiger partial charge in [-0.1, -0.05) is 6.07 Å². The van der Waals surface area contributed by atoms with Crippen molar-refractivity contribution in [3.8, 4) is 0 Å². The summed E-state index contributed by atoms with van der Waals surface area (Å²) in [5, 5.41) is 0. The molecule has 166 valence electrons. The number of hydrogen-bond donors (Lipinski definition) is 0. The Balaban J connectivity index is 1.25. The van der Waals surface area contributed by atoms with E-state index in [1.807, 2.05) is 4.90 Å². The summed E-state index contributed by atoms with van der Waals surface area (Å²) in [6, 6.07) is 5.36. The second-order valence-electron chi connectivity index (χ2n) is 7.74. The van der Waals surface area contributed by atoms with Crippen molar-refractivity contribution in [2.45, 2.75) is 6.18 Å². The van der Waals surface area contributed by atoms with E-state index in [4.69, 9.17) is 0 Å². The molecule has 0 atom stereocenters. The van der Waals surface area contributed by atoms with Crippen molar-refractivity contribution in [3.63, 3.8) is 0 Å². The molecule has 2 fully saturated rings. The zero-order valence-corrected chi connectivity index (χ0v) is 17.1. The Labute approximate surface area is 179 Å². The van der Waals surface area contributed by atoms with Gasteiger partial charge in [0.15, 0.2) is 0 Å². The zero-order valence-electron chi connectivity index (χ0n) is 17.1. The molecule has 2 saturated heterocycles. The highest BCUT2D eigenvalue weighted by atomic mass is 19.4. The highest BCUT2D eigenvalue weighted by molar-refractivity contribution is 5.78. The molecule has 1 aromatic heterocycles. The number of carbonyl (C=O) groups excluding carboxylic acids is 1. The lowest BCUT2D eigenvalue weighted by molar-refractivity contribution is -0.137. The standard InChI is InChI=1S/C21H25F3N6O/c22-21(23,24)17-2-1-3-18(14-17)28-10-12-30(13-11-28)20(31)16-27-6-8-29(9-7-27)19-15-25-4-5-26-19/h1-5,14-15H,6-13,16H2. The molecule has 0 aliphatic carbocycles. The lowest BCUT2D eigenvalue weighted by Gasteiger charge is -2.39. The van der Waals surface area contributed by atoms with Gasteiger partial charge in [-0.3, -0.25) is 14.7 Å². The van der Waals surface area contributed by atoms with E-state index in [9.17, 15) is 18.0 Å². The Morgan fingerprint density at radius 3 is 2.29 bits per heavy atom. The molecule has 1 aromatic carbocycles. The van der Waals surface area contributed by atoms with Crippen molar-refractivity contribution in [2.75, 3.05) is 68.7 Å². The number of benzene rings is 1. The maximum atomic E-state index is 13.0. The van der Waals surface area contributed by atoms with Crippen LogP contribution in [0.15, 0.2) is 42.9 Å². The zero-order chi connectivity index (χ0) is 21.8. The Morgan fingerprint density at radius 2 is 1.65 bits per heavy atom. The molecular formula is C21H25F3N6O. The van der Waals surface area contributed by atoms with Gasteiger partial charge in [-0.2, -0.15) is 13.2 Å². The molecule has 0 N–H and O–H groups in total. The van der Waals surface area contributed by atoms with Crippen LogP contribution in [0, 0.1) is 0 Å². The number of halogens is 3. The fourth-order valence-electron chi connectivity index (χ4n) is 3.97. The molecule has 3 heterocycles. The van der Waals surface area contributed by atoms with Crippen LogP contribution in [0.4, 0.5) is 24.7 Å². The molecule has 0 bridgehead atoms. The van der Waals surface area contributed by atoms with Gasteiger partial charge in [0.05, 0.1) is 18.3 Å². The molecule has 7 nitrogen and oxygen atoms in total. The van der Waals surface area contributed by atoms with Crippen molar-refractivity contribution >= 4 is 17.4 Å². The van der Waals surface area contributed by atoms with Crippen LogP contribution in [0.25, 0.3) is 0 Å². The van der Waals surface area contributed by atoms with Crippen LogP contribution in [-0.2, 0) is 11.0 Å². The van der Waals surface area contributed by atoms with Crippen LogP contribution in [-0.4, -0.2) is 84.6 Å². The first-order chi connectivity index (χ1) is 14.9. The summed E-state index contributed by atoms with van der Waals surface area (Å²) >= 11 is 0. The third-order valence-corrected chi connectivity index (χ3v) is 5.78. The average molecular weight is 434 g/mol. The number of hydrogen-bond acceptors (Lipinski definition) is 6. The molecule has 0 radical (unpaired) electrons. The number of carbonyl (C=O) groups is 1. The molecule has 31 heavy (non-hydrogen) atoms. The predicted molar refractivity (Wildman–Crippen MR) is 111 cm³/mol. The lowest BCUT2D eigenvalue weighted by atomic mass is 10.1. The van der Waals surface area contributed by atoms with Crippen LogP contribution in [0.3, 0.4) is 0 Å². The fraction of sp³-hybridized carbons (Fsp3) is 0.476. The van der Waals surface area contributed by atoms with Crippen molar-refractivity contribution in [1.82, 2.24) is 19.8 Å². The van der Waals surface area contributed by atoms with Crippen LogP contribution in [0.1, 0.15) is 5.56 Å². The number of rotatable bonds is 4. The summed E-state index contributed by atoms with van der Waals surface area (Å²) in [4.78, 5) is 29.1. The van der Waals surface area contributed by atoms with Gasteiger partial charge >= 0.3 is 6.18 Å². The van der Waals surface area contributed by atoms with Crippen molar-refractivity contribution in [1.29, 1.82) is 0 Å². The minimum atomic E-state index is -4.36. The van der Waals surface area contributed by atoms with Crippen molar-refractivity contribution < 1.29 is 18.0 Å². The average Bonchev–Trinajstić information content (AvgIpc) is 2.80. The smallest absolute Gasteiger partial charge is 0.368 e. The Morgan fingerprint density at radius 1 is 0.935 bits per heavy atom. The maximum absolute atomic E-state index is 13.0. The summed E-state index contributed by atoms with van der Waals surface area (Å²) in [7, 11) is 0. The highest BCUT2D eigenvalue weighted by Crippen LogP contribution is 2.31. The summed E-state index contributed by atoms with van der Waals surface area (Å²) in [5.74, 6) is 0.913. The Hall–Kier alpha value is -2.88. The van der Waals surface area contributed by atoms with Crippen LogP contribution in [0.2, 0.25) is 0 Å². The number of amides is 1. The lowest BCUT2D eigenvalue weighted by Crippen LogP contribution is -2.54. The van der Waals surface area contributed by atoms with E-state index in [0.717, 1.165) is 38.1 Å². The first kappa shape index (κ1) is 21.4. The summed E-state index contributed by atoms with van der Waals surface area (Å²) < 4.78 is 38.9. The van der Waals surface area contributed by atoms with Gasteiger partial charge in [-0.25, -0.2) is 4.98 Å². The number of alkyl halides is 3. The molecule has 0 saturated carbocycles. The molecule has 1 amide bonds. The summed E-state index contributed by atoms with van der Waals surface area (Å²) in [6.07, 6.45) is 0.699. The molecule has 0 spiro atoms. The van der Waals surface area contributed by atoms with E-state index in [2.05, 4.69) is 19.8 Å². The fourth-order valence-corrected chi connectivity index (χ4v) is 3.97. The van der Waals surface area contributed by atoms with Crippen molar-refractivity contribution in [3.05, 3.63) is 48.4 Å². The maximum Gasteiger partial charge on any atom is 0.416 e. The SMILES string of the molecule is O=C(CN1CCN(c2cnccn2)CC1)N1CCN(c2cccc(C(F)(F)F)c2)CC1. The van der Waals surface area contributed by atoms with Crippen LogP contribution in [0.5, 0.6) is 0 Å². The van der Waals surface area contributed by atoms with Gasteiger partial charge in [0.25, 0.3) is 0 Å². The third-order valence-electron chi connectivity index (χ3n) is 5.78. The molecule has 2 aliphatic heterocycles. The monoisotopic (exact) mass is 434 g/mol. The molecule has 0 unspecified atom stereocenters. The van der Waals surface area contributed by atoms with Crippen molar-refractivity contribution in [2.24, 2.45) is 0 Å². The van der Waals surface area contributed by atoms with E-state index in [1.54, 1.807) is 29.6 Å². The van der Waals surface area contributed by atoms with Gasteiger partial charge in [-0.15, -0.1) is 0 Å². The summed E-state index contributed by atoms with van der Waals surface area (Å²) in [6.45, 7) is 5.53. The second-order valence-corrected chi connectivity index (χ2v) is 7.74. The van der Waals surface area contributed by atoms with E-state index < -0.39 is 11.7 Å². The van der Waals surface area contributed by atoms with Crippen LogP contribution >= 0.6 is 0 Å². The van der Waals surface area contributed by atoms with E-state index in [1.165, 1.54) is 12.1 Å². The number of piperazine rings is 2. The van der Waals surface area contributed by atoms with E-state index >= 15 is 0 Å². The van der Waals surface area contributed by atoms with E-state index in [0.29, 0.717) is 38.4 Å². The second kappa shape index (κ2) is 9.09.